The summed E-state index contributed by atoms with van der Waals surface area (Å²) in [6.07, 6.45) is 8.49. The minimum Gasteiger partial charge on any atom is -0.353 e. The SMILES string of the molecule is CC(C)CCN(c1ncc(Br)cc1CNC1CC1)C1CC1. The largest absolute Gasteiger partial charge is 0.353 e. The summed E-state index contributed by atoms with van der Waals surface area (Å²) in [4.78, 5) is 7.31. The fourth-order valence-corrected chi connectivity index (χ4v) is 3.03. The number of anilines is 1. The molecule has 2 aliphatic carbocycles. The molecule has 1 aromatic rings. The van der Waals surface area contributed by atoms with Crippen molar-refractivity contribution in [3.8, 4) is 0 Å². The van der Waals surface area contributed by atoms with E-state index in [-0.39, 0.29) is 0 Å². The van der Waals surface area contributed by atoms with Crippen LogP contribution in [0.25, 0.3) is 0 Å². The van der Waals surface area contributed by atoms with Gasteiger partial charge in [-0.3, -0.25) is 0 Å². The van der Waals surface area contributed by atoms with Gasteiger partial charge in [0.05, 0.1) is 0 Å². The summed E-state index contributed by atoms with van der Waals surface area (Å²) < 4.78 is 1.08. The Hall–Kier alpha value is -0.610. The van der Waals surface area contributed by atoms with Crippen molar-refractivity contribution >= 4 is 21.7 Å². The minimum atomic E-state index is 0.720. The number of pyridine rings is 1. The number of hydrogen-bond donors (Lipinski definition) is 1. The lowest BCUT2D eigenvalue weighted by atomic mass is 10.1. The molecule has 0 atom stereocenters. The van der Waals surface area contributed by atoms with Crippen molar-refractivity contribution in [3.05, 3.63) is 22.3 Å². The van der Waals surface area contributed by atoms with Gasteiger partial charge >= 0.3 is 0 Å². The Balaban J connectivity index is 1.75. The topological polar surface area (TPSA) is 28.2 Å². The van der Waals surface area contributed by atoms with Gasteiger partial charge in [-0.15, -0.1) is 0 Å². The number of halogens is 1. The van der Waals surface area contributed by atoms with Crippen LogP contribution in [0.5, 0.6) is 0 Å². The molecule has 0 unspecified atom stereocenters. The smallest absolute Gasteiger partial charge is 0.133 e. The first-order valence-corrected chi connectivity index (χ1v) is 9.07. The number of hydrogen-bond acceptors (Lipinski definition) is 3. The van der Waals surface area contributed by atoms with Gasteiger partial charge in [-0.2, -0.15) is 0 Å². The van der Waals surface area contributed by atoms with Crippen LogP contribution in [0.4, 0.5) is 5.82 Å². The summed E-state index contributed by atoms with van der Waals surface area (Å²) in [6, 6.07) is 3.70. The fraction of sp³-hybridized carbons (Fsp3) is 0.706. The molecule has 1 N–H and O–H groups in total. The lowest BCUT2D eigenvalue weighted by Gasteiger charge is -2.27. The maximum atomic E-state index is 4.76. The van der Waals surface area contributed by atoms with Crippen LogP contribution in [0.3, 0.4) is 0 Å². The van der Waals surface area contributed by atoms with E-state index >= 15 is 0 Å². The van der Waals surface area contributed by atoms with Gasteiger partial charge in [-0.25, -0.2) is 4.98 Å². The second kappa shape index (κ2) is 6.66. The first-order chi connectivity index (χ1) is 10.1. The zero-order valence-corrected chi connectivity index (χ0v) is 14.7. The van der Waals surface area contributed by atoms with E-state index in [9.17, 15) is 0 Å². The molecular weight excluding hydrogens is 326 g/mol. The molecule has 1 aromatic heterocycles. The maximum Gasteiger partial charge on any atom is 0.133 e. The highest BCUT2D eigenvalue weighted by Crippen LogP contribution is 2.34. The van der Waals surface area contributed by atoms with Crippen molar-refractivity contribution < 1.29 is 0 Å². The molecule has 2 aliphatic rings. The number of rotatable bonds is 8. The molecule has 0 saturated heterocycles. The van der Waals surface area contributed by atoms with E-state index in [2.05, 4.69) is 46.1 Å². The second-order valence-corrected chi connectivity index (χ2v) is 7.81. The molecule has 3 rings (SSSR count). The molecule has 2 saturated carbocycles. The molecule has 0 amide bonds. The van der Waals surface area contributed by atoms with Gasteiger partial charge < -0.3 is 10.2 Å². The lowest BCUT2D eigenvalue weighted by Crippen LogP contribution is -2.30. The van der Waals surface area contributed by atoms with E-state index in [0.717, 1.165) is 35.6 Å². The van der Waals surface area contributed by atoms with Gasteiger partial charge in [0.2, 0.25) is 0 Å². The number of nitrogens with zero attached hydrogens (tertiary/aromatic N) is 2. The lowest BCUT2D eigenvalue weighted by molar-refractivity contribution is 0.566. The highest BCUT2D eigenvalue weighted by Gasteiger charge is 2.31. The number of aromatic nitrogens is 1. The molecule has 4 heteroatoms. The minimum absolute atomic E-state index is 0.720. The third-order valence-electron chi connectivity index (χ3n) is 4.28. The molecule has 2 fully saturated rings. The van der Waals surface area contributed by atoms with Gasteiger partial charge in [0.25, 0.3) is 0 Å². The van der Waals surface area contributed by atoms with E-state index in [0.29, 0.717) is 0 Å². The molecule has 3 nitrogen and oxygen atoms in total. The van der Waals surface area contributed by atoms with Crippen molar-refractivity contribution in [2.45, 2.75) is 64.6 Å². The highest BCUT2D eigenvalue weighted by molar-refractivity contribution is 9.10. The Kier molecular flexibility index (Phi) is 4.85. The van der Waals surface area contributed by atoms with Gasteiger partial charge in [0, 0.05) is 41.4 Å². The predicted molar refractivity (Wildman–Crippen MR) is 91.6 cm³/mol. The van der Waals surface area contributed by atoms with Crippen LogP contribution in [0.2, 0.25) is 0 Å². The molecule has 0 aromatic carbocycles. The first-order valence-electron chi connectivity index (χ1n) is 8.28. The van der Waals surface area contributed by atoms with Crippen molar-refractivity contribution in [1.82, 2.24) is 10.3 Å². The third kappa shape index (κ3) is 4.43. The molecule has 0 spiro atoms. The van der Waals surface area contributed by atoms with E-state index in [1.807, 2.05) is 6.20 Å². The van der Waals surface area contributed by atoms with Crippen LogP contribution in [0.15, 0.2) is 16.7 Å². The summed E-state index contributed by atoms with van der Waals surface area (Å²) in [5.41, 5.74) is 1.34. The predicted octanol–water partition coefficient (Wildman–Crippen LogP) is 4.11. The summed E-state index contributed by atoms with van der Waals surface area (Å²) in [5.74, 6) is 1.95. The zero-order chi connectivity index (χ0) is 14.8. The van der Waals surface area contributed by atoms with Gasteiger partial charge in [0.15, 0.2) is 0 Å². The van der Waals surface area contributed by atoms with E-state index in [1.165, 1.54) is 43.5 Å². The highest BCUT2D eigenvalue weighted by atomic mass is 79.9. The van der Waals surface area contributed by atoms with Crippen molar-refractivity contribution in [2.75, 3.05) is 11.4 Å². The van der Waals surface area contributed by atoms with E-state index < -0.39 is 0 Å². The maximum absolute atomic E-state index is 4.76. The van der Waals surface area contributed by atoms with E-state index in [1.54, 1.807) is 0 Å². The Morgan fingerprint density at radius 2 is 2.10 bits per heavy atom. The Morgan fingerprint density at radius 1 is 1.33 bits per heavy atom. The van der Waals surface area contributed by atoms with Gasteiger partial charge in [-0.1, -0.05) is 13.8 Å². The summed E-state index contributed by atoms with van der Waals surface area (Å²) in [7, 11) is 0. The van der Waals surface area contributed by atoms with Crippen LogP contribution in [0.1, 0.15) is 51.5 Å². The van der Waals surface area contributed by atoms with Crippen molar-refractivity contribution in [3.63, 3.8) is 0 Å². The average Bonchev–Trinajstić information content (AvgIpc) is 3.32. The summed E-state index contributed by atoms with van der Waals surface area (Å²) in [5, 5.41) is 3.63. The van der Waals surface area contributed by atoms with Crippen LogP contribution in [-0.4, -0.2) is 23.6 Å². The normalized spacial score (nSPS) is 18.3. The van der Waals surface area contributed by atoms with Crippen molar-refractivity contribution in [2.24, 2.45) is 5.92 Å². The Morgan fingerprint density at radius 3 is 2.71 bits per heavy atom. The monoisotopic (exact) mass is 351 g/mol. The standard InChI is InChI=1S/C17H26BrN3/c1-12(2)7-8-21(16-5-6-16)17-13(9-14(18)11-20-17)10-19-15-3-4-15/h9,11-12,15-16,19H,3-8,10H2,1-2H3. The quantitative estimate of drug-likeness (QED) is 0.763. The Bertz CT molecular complexity index is 481. The van der Waals surface area contributed by atoms with Crippen LogP contribution in [0, 0.1) is 5.92 Å². The number of nitrogens with one attached hydrogen (secondary N) is 1. The molecular formula is C17H26BrN3. The molecule has 0 bridgehead atoms. The molecule has 0 radical (unpaired) electrons. The summed E-state index contributed by atoms with van der Waals surface area (Å²) >= 11 is 3.57. The van der Waals surface area contributed by atoms with Crippen LogP contribution < -0.4 is 10.2 Å². The molecule has 21 heavy (non-hydrogen) atoms. The molecule has 0 aliphatic heterocycles. The van der Waals surface area contributed by atoms with Crippen LogP contribution >= 0.6 is 15.9 Å². The van der Waals surface area contributed by atoms with Gasteiger partial charge in [0.1, 0.15) is 5.82 Å². The average molecular weight is 352 g/mol. The zero-order valence-electron chi connectivity index (χ0n) is 13.1. The third-order valence-corrected chi connectivity index (χ3v) is 4.71. The van der Waals surface area contributed by atoms with E-state index in [4.69, 9.17) is 4.98 Å². The summed E-state index contributed by atoms with van der Waals surface area (Å²) in [6.45, 7) is 6.68. The Labute approximate surface area is 136 Å². The van der Waals surface area contributed by atoms with Crippen molar-refractivity contribution in [1.29, 1.82) is 0 Å². The first kappa shape index (κ1) is 15.3. The van der Waals surface area contributed by atoms with Crippen LogP contribution in [-0.2, 0) is 6.54 Å². The fourth-order valence-electron chi connectivity index (χ4n) is 2.65. The second-order valence-electron chi connectivity index (χ2n) is 6.90. The molecule has 1 heterocycles. The van der Waals surface area contributed by atoms with Gasteiger partial charge in [-0.05, 0) is 60.0 Å². The molecule has 116 valence electrons.